The monoisotopic (exact) mass is 587 g/mol. The SMILES string of the molecule is C.C.CC[C-](C)C(=O)O.[Re].[Rf]. The van der Waals surface area contributed by atoms with Crippen LogP contribution in [-0.4, -0.2) is 11.1 Å². The maximum absolute atomic E-state index is 9.89. The van der Waals surface area contributed by atoms with E-state index >= 15 is 0 Å². The van der Waals surface area contributed by atoms with Gasteiger partial charge in [-0.25, -0.2) is 0 Å². The van der Waals surface area contributed by atoms with E-state index in [4.69, 9.17) is 5.11 Å². The number of carbonyl (C=O) groups is 1. The second-order valence-corrected chi connectivity index (χ2v) is 1.44. The first-order valence-corrected chi connectivity index (χ1v) is 2.24. The first-order chi connectivity index (χ1) is 3.18. The van der Waals surface area contributed by atoms with E-state index in [2.05, 4.69) is 0 Å². The van der Waals surface area contributed by atoms with Crippen molar-refractivity contribution in [3.63, 3.8) is 0 Å². The molecule has 0 fully saturated rings. The zero-order chi connectivity index (χ0) is 5.86. The Balaban J connectivity index is -0.0000000300. The number of carboxylic acid groups (broad SMARTS) is 1. The molecule has 0 unspecified atom stereocenters. The molecule has 0 spiro atoms. The number of hydrogen-bond donors (Lipinski definition) is 1. The van der Waals surface area contributed by atoms with Gasteiger partial charge in [-0.1, -0.05) is 21.8 Å². The summed E-state index contributed by atoms with van der Waals surface area (Å²) in [6, 6.07) is 0. The smallest absolute Gasteiger partial charge is 0.166 e. The predicted molar refractivity (Wildman–Crippen MR) is 40.3 cm³/mol. The van der Waals surface area contributed by atoms with Crippen LogP contribution in [0.4, 0.5) is 0 Å². The zero-order valence-electron chi connectivity index (χ0n) is 5.65. The van der Waals surface area contributed by atoms with E-state index in [1.807, 2.05) is 6.92 Å². The molecule has 0 bridgehead atoms. The van der Waals surface area contributed by atoms with Crippen molar-refractivity contribution in [2.24, 2.45) is 0 Å². The minimum atomic E-state index is -0.789. The van der Waals surface area contributed by atoms with Gasteiger partial charge in [0.1, 0.15) is 0 Å². The Morgan fingerprint density at radius 3 is 1.73 bits per heavy atom. The summed E-state index contributed by atoms with van der Waals surface area (Å²) < 4.78 is 0. The molecule has 0 saturated heterocycles. The first kappa shape index (κ1) is 32.4. The quantitative estimate of drug-likeness (QED) is 0.505. The Morgan fingerprint density at radius 2 is 1.73 bits per heavy atom. The van der Waals surface area contributed by atoms with Crippen molar-refractivity contribution in [3.05, 3.63) is 5.92 Å². The van der Waals surface area contributed by atoms with E-state index in [1.165, 1.54) is 0 Å². The van der Waals surface area contributed by atoms with E-state index in [0.29, 0.717) is 12.3 Å². The number of carboxylic acids is 1. The Bertz CT molecular complexity index is 78.8. The van der Waals surface area contributed by atoms with Crippen LogP contribution in [0.5, 0.6) is 0 Å². The Morgan fingerprint density at radius 1 is 1.45 bits per heavy atom. The molecule has 0 atom stereocenters. The van der Waals surface area contributed by atoms with Crippen LogP contribution in [0.2, 0.25) is 0 Å². The van der Waals surface area contributed by atoms with Crippen LogP contribution in [0.1, 0.15) is 35.1 Å². The molecule has 1 N–H and O–H groups in total. The maximum atomic E-state index is 9.89. The molecule has 0 saturated carbocycles. The third-order valence-corrected chi connectivity index (χ3v) is 0.895. The normalized spacial score (nSPS) is 5.27. The molecule has 0 aromatic carbocycles. The molecule has 1 radical (unpaired) electrons. The van der Waals surface area contributed by atoms with Crippen molar-refractivity contribution in [2.75, 3.05) is 0 Å². The van der Waals surface area contributed by atoms with Crippen LogP contribution in [0.25, 0.3) is 0 Å². The molecule has 0 heterocycles. The standard InChI is InChI=1S/C5H9O2.2CH4.Re.Rf/c1-3-4(2)5(6)7;;;;/h3H2,1-2H3,(H,6,7);2*1H4;;/q-1;;;;. The van der Waals surface area contributed by atoms with Crippen molar-refractivity contribution in [1.82, 2.24) is 0 Å². The minimum absolute atomic E-state index is 0. The second kappa shape index (κ2) is 16.0. The Labute approximate surface area is 77.7 Å². The van der Waals surface area contributed by atoms with Gasteiger partial charge >= 0.3 is 0 Å². The molecule has 0 aliphatic heterocycles. The fraction of sp³-hybridized carbons (Fsp3) is 0.714. The molecule has 67 valence electrons. The first-order valence-electron chi connectivity index (χ1n) is 2.24. The molecule has 0 aromatic rings. The molecular formula is C7H17O2ReRf-. The topological polar surface area (TPSA) is 37.3 Å². The minimum Gasteiger partial charge on any atom is -0.503 e. The third-order valence-electron chi connectivity index (χ3n) is 0.895. The van der Waals surface area contributed by atoms with Crippen LogP contribution in [0, 0.1) is 5.92 Å². The molecule has 2 nitrogen and oxygen atoms in total. The van der Waals surface area contributed by atoms with Crippen LogP contribution in [-0.2, 0) is 25.2 Å². The van der Waals surface area contributed by atoms with Gasteiger partial charge in [-0.3, -0.25) is 10.7 Å². The molecule has 0 aromatic heterocycles. The predicted octanol–water partition coefficient (Wildman–Crippen LogP) is 2.35. The molecule has 0 amide bonds. The van der Waals surface area contributed by atoms with Crippen molar-refractivity contribution >= 4 is 5.97 Å². The van der Waals surface area contributed by atoms with Gasteiger partial charge in [0, 0.05) is 20.4 Å². The van der Waals surface area contributed by atoms with Crippen LogP contribution >= 0.6 is 0 Å². The molecule has 0 rings (SSSR count). The van der Waals surface area contributed by atoms with Crippen LogP contribution < -0.4 is 0 Å². The summed E-state index contributed by atoms with van der Waals surface area (Å²) in [5.74, 6) is -0.275. The average molecular weight is 586 g/mol. The summed E-state index contributed by atoms with van der Waals surface area (Å²) in [6.45, 7) is 3.44. The summed E-state index contributed by atoms with van der Waals surface area (Å²) >= 11 is 0. The Kier molecular flexibility index (Phi) is 47.1. The summed E-state index contributed by atoms with van der Waals surface area (Å²) in [6.07, 6.45) is 0.634. The zero-order valence-corrected chi connectivity index (χ0v) is 14.8. The average Bonchev–Trinajstić information content (AvgIpc) is 1.65. The van der Waals surface area contributed by atoms with Gasteiger partial charge in [-0.15, -0.1) is 0 Å². The van der Waals surface area contributed by atoms with Crippen molar-refractivity contribution in [1.29, 1.82) is 0 Å². The van der Waals surface area contributed by atoms with Gasteiger partial charge in [0.15, 0.2) is 5.97 Å². The Hall–Kier alpha value is -0.998. The van der Waals surface area contributed by atoms with Gasteiger partial charge in [-0.05, 0) is 0 Å². The van der Waals surface area contributed by atoms with Gasteiger partial charge in [0.25, 0.3) is 0 Å². The third kappa shape index (κ3) is 17.6. The number of rotatable bonds is 2. The van der Waals surface area contributed by atoms with E-state index in [0.717, 1.165) is 0 Å². The molecule has 4 heteroatoms. The number of aliphatic carboxylic acids is 1. The van der Waals surface area contributed by atoms with E-state index in [1.54, 1.807) is 6.92 Å². The molecule has 0 aliphatic rings. The van der Waals surface area contributed by atoms with E-state index < -0.39 is 5.97 Å². The number of hydrogen-bond acceptors (Lipinski definition) is 1. The summed E-state index contributed by atoms with van der Waals surface area (Å²) in [7, 11) is 0. The summed E-state index contributed by atoms with van der Waals surface area (Å²) in [5, 5.41) is 8.14. The molecule has 0 aliphatic carbocycles. The van der Waals surface area contributed by atoms with Crippen LogP contribution in [0.3, 0.4) is 0 Å². The van der Waals surface area contributed by atoms with E-state index in [-0.39, 0.29) is 35.3 Å². The van der Waals surface area contributed by atoms with Crippen molar-refractivity contribution in [2.45, 2.75) is 35.1 Å². The van der Waals surface area contributed by atoms with Gasteiger partial charge in [0.05, 0.1) is 0 Å². The fourth-order valence-corrected chi connectivity index (χ4v) is 0.151. The van der Waals surface area contributed by atoms with Crippen LogP contribution in [0.15, 0.2) is 0 Å². The largest absolute Gasteiger partial charge is 0.503 e. The van der Waals surface area contributed by atoms with E-state index in [9.17, 15) is 4.79 Å². The molecular weight excluding hydrogens is 569 g/mol. The molecule has 11 heavy (non-hydrogen) atoms. The van der Waals surface area contributed by atoms with Crippen molar-refractivity contribution < 1.29 is 30.3 Å². The van der Waals surface area contributed by atoms with Gasteiger partial charge < -0.3 is 5.11 Å². The van der Waals surface area contributed by atoms with Gasteiger partial charge in [-0.2, -0.15) is 13.3 Å². The summed E-state index contributed by atoms with van der Waals surface area (Å²) in [5.41, 5.74) is 0. The maximum Gasteiger partial charge on any atom is 0.166 e. The summed E-state index contributed by atoms with van der Waals surface area (Å²) in [4.78, 5) is 9.89. The fourth-order valence-electron chi connectivity index (χ4n) is 0.151. The van der Waals surface area contributed by atoms with Gasteiger partial charge in [0.2, 0.25) is 0 Å². The van der Waals surface area contributed by atoms with Crippen molar-refractivity contribution in [3.8, 4) is 0 Å². The second-order valence-electron chi connectivity index (χ2n) is 1.44.